The molecule has 1 aromatic carbocycles. The third kappa shape index (κ3) is 3.82. The van der Waals surface area contributed by atoms with E-state index in [0.29, 0.717) is 24.4 Å². The molecule has 3 heterocycles. The average molecular weight is 491 g/mol. The van der Waals surface area contributed by atoms with Gasteiger partial charge in [0, 0.05) is 24.4 Å². The van der Waals surface area contributed by atoms with Gasteiger partial charge >= 0.3 is 12.2 Å². The molecule has 1 aliphatic heterocycles. The maximum atomic E-state index is 14.8. The van der Waals surface area contributed by atoms with E-state index in [1.54, 1.807) is 6.92 Å². The Morgan fingerprint density at radius 1 is 1.20 bits per heavy atom. The van der Waals surface area contributed by atoms with Gasteiger partial charge in [0.2, 0.25) is 11.8 Å². The van der Waals surface area contributed by atoms with Gasteiger partial charge in [-0.3, -0.25) is 9.88 Å². The van der Waals surface area contributed by atoms with Crippen molar-refractivity contribution in [3.63, 3.8) is 0 Å². The molecular weight excluding hydrogens is 473 g/mol. The number of fused-ring (bicyclic) bond motifs is 1. The molecule has 0 spiro atoms. The van der Waals surface area contributed by atoms with E-state index in [-0.39, 0.29) is 23.4 Å². The van der Waals surface area contributed by atoms with Gasteiger partial charge in [0.15, 0.2) is 0 Å². The highest BCUT2D eigenvalue weighted by molar-refractivity contribution is 5.94. The first-order valence-corrected chi connectivity index (χ1v) is 10.6. The highest BCUT2D eigenvalue weighted by Crippen LogP contribution is 2.53. The number of aromatic nitrogens is 3. The second-order valence-corrected chi connectivity index (χ2v) is 8.73. The summed E-state index contributed by atoms with van der Waals surface area (Å²) in [5, 5.41) is 10.2. The van der Waals surface area contributed by atoms with Gasteiger partial charge in [-0.15, -0.1) is 10.2 Å². The van der Waals surface area contributed by atoms with Crippen molar-refractivity contribution >= 4 is 11.7 Å². The van der Waals surface area contributed by atoms with Crippen LogP contribution in [-0.2, 0) is 11.7 Å². The SMILES string of the molecule is Cc1nnc([C@@]23C=C(C[C@H](C)C2)N3C(=O)Nc2cc(-c3cncc(F)c3)c(C(F)(F)F)cc2F)o1. The molecule has 5 rings (SSSR count). The summed E-state index contributed by atoms with van der Waals surface area (Å²) in [7, 11) is 0. The lowest BCUT2D eigenvalue weighted by molar-refractivity contribution is -0.137. The number of allylic oxidation sites excluding steroid dienone is 1. The minimum Gasteiger partial charge on any atom is -0.423 e. The van der Waals surface area contributed by atoms with Crippen molar-refractivity contribution in [3.05, 3.63) is 71.3 Å². The van der Waals surface area contributed by atoms with Crippen LogP contribution in [0.25, 0.3) is 11.1 Å². The molecule has 1 N–H and O–H groups in total. The number of hydrogen-bond acceptors (Lipinski definition) is 5. The molecule has 0 saturated carbocycles. The number of piperidine rings is 1. The van der Waals surface area contributed by atoms with Gasteiger partial charge in [-0.1, -0.05) is 6.92 Å². The maximum absolute atomic E-state index is 14.8. The van der Waals surface area contributed by atoms with Gasteiger partial charge in [0.1, 0.15) is 17.2 Å². The molecule has 2 aliphatic rings. The monoisotopic (exact) mass is 491 g/mol. The third-order valence-electron chi connectivity index (χ3n) is 6.08. The molecule has 2 atom stereocenters. The fourth-order valence-electron chi connectivity index (χ4n) is 4.76. The summed E-state index contributed by atoms with van der Waals surface area (Å²) in [5.41, 5.74) is -2.95. The van der Waals surface area contributed by atoms with Crippen LogP contribution in [0.3, 0.4) is 0 Å². The minimum atomic E-state index is -4.93. The van der Waals surface area contributed by atoms with E-state index in [1.807, 2.05) is 13.0 Å². The number of urea groups is 1. The number of amides is 2. The molecule has 0 saturated heterocycles. The molecule has 2 aromatic heterocycles. The van der Waals surface area contributed by atoms with Crippen LogP contribution in [0.5, 0.6) is 0 Å². The standard InChI is InChI=1S/C23H18F5N5O2/c1-11-3-15-8-22(7-11,20-32-31-12(2)35-20)33(15)21(34)30-19-5-16(13-4-14(24)10-29-9-13)17(6-18(19)25)23(26,27)28/h4-6,8-11H,3,7H2,1-2H3,(H,30,34)/t11-,22-/m0/s1. The first-order chi connectivity index (χ1) is 16.5. The van der Waals surface area contributed by atoms with Crippen molar-refractivity contribution < 1.29 is 31.2 Å². The molecule has 0 radical (unpaired) electrons. The van der Waals surface area contributed by atoms with Crippen LogP contribution in [0.15, 0.2) is 46.8 Å². The highest BCUT2D eigenvalue weighted by Gasteiger charge is 2.56. The van der Waals surface area contributed by atoms with Gasteiger partial charge in [0.25, 0.3) is 0 Å². The number of carbonyl (C=O) groups is 1. The number of halogens is 5. The van der Waals surface area contributed by atoms with Crippen LogP contribution in [0.2, 0.25) is 0 Å². The minimum absolute atomic E-state index is 0.194. The first-order valence-electron chi connectivity index (χ1n) is 10.6. The van der Waals surface area contributed by atoms with E-state index in [9.17, 15) is 26.7 Å². The molecule has 0 fully saturated rings. The zero-order chi connectivity index (χ0) is 25.1. The average Bonchev–Trinajstić information content (AvgIpc) is 3.20. The van der Waals surface area contributed by atoms with Gasteiger partial charge in [-0.05, 0) is 48.6 Å². The third-order valence-corrected chi connectivity index (χ3v) is 6.08. The summed E-state index contributed by atoms with van der Waals surface area (Å²) in [6.45, 7) is 3.60. The summed E-state index contributed by atoms with van der Waals surface area (Å²) < 4.78 is 74.9. The fourth-order valence-corrected chi connectivity index (χ4v) is 4.76. The number of anilines is 1. The first kappa shape index (κ1) is 22.9. The molecule has 2 amide bonds. The molecule has 2 bridgehead atoms. The quantitative estimate of drug-likeness (QED) is 0.469. The van der Waals surface area contributed by atoms with E-state index in [0.717, 1.165) is 24.5 Å². The predicted octanol–water partition coefficient (Wildman–Crippen LogP) is 5.79. The van der Waals surface area contributed by atoms with Crippen molar-refractivity contribution in [3.8, 4) is 11.1 Å². The van der Waals surface area contributed by atoms with Crippen molar-refractivity contribution in [2.45, 2.75) is 38.4 Å². The summed E-state index contributed by atoms with van der Waals surface area (Å²) in [6.07, 6.45) is -0.207. The van der Waals surface area contributed by atoms with Crippen LogP contribution in [-0.4, -0.2) is 26.1 Å². The van der Waals surface area contributed by atoms with Crippen LogP contribution in [0.1, 0.15) is 37.1 Å². The smallest absolute Gasteiger partial charge is 0.417 e. The van der Waals surface area contributed by atoms with Gasteiger partial charge in [-0.2, -0.15) is 13.2 Å². The van der Waals surface area contributed by atoms with Gasteiger partial charge < -0.3 is 9.73 Å². The molecule has 1 aliphatic carbocycles. The van der Waals surface area contributed by atoms with E-state index < -0.39 is 46.2 Å². The topological polar surface area (TPSA) is 84.2 Å². The number of nitrogens with one attached hydrogen (secondary N) is 1. The summed E-state index contributed by atoms with van der Waals surface area (Å²) in [4.78, 5) is 18.2. The van der Waals surface area contributed by atoms with Crippen molar-refractivity contribution in [1.29, 1.82) is 0 Å². The number of aryl methyl sites for hydroxylation is 1. The number of pyridine rings is 1. The molecule has 3 aromatic rings. The molecule has 0 unspecified atom stereocenters. The number of nitrogens with zero attached hydrogens (tertiary/aromatic N) is 4. The number of rotatable bonds is 3. The number of hydrogen-bond donors (Lipinski definition) is 1. The summed E-state index contributed by atoms with van der Waals surface area (Å²) >= 11 is 0. The molecule has 12 heteroatoms. The van der Waals surface area contributed by atoms with Crippen LogP contribution >= 0.6 is 0 Å². The van der Waals surface area contributed by atoms with E-state index >= 15 is 0 Å². The zero-order valence-electron chi connectivity index (χ0n) is 18.5. The van der Waals surface area contributed by atoms with E-state index in [4.69, 9.17) is 4.42 Å². The largest absolute Gasteiger partial charge is 0.423 e. The van der Waals surface area contributed by atoms with Crippen LogP contribution in [0, 0.1) is 24.5 Å². The van der Waals surface area contributed by atoms with Crippen LogP contribution < -0.4 is 5.32 Å². The Morgan fingerprint density at radius 2 is 1.97 bits per heavy atom. The highest BCUT2D eigenvalue weighted by atomic mass is 19.4. The van der Waals surface area contributed by atoms with E-state index in [2.05, 4.69) is 20.5 Å². The summed E-state index contributed by atoms with van der Waals surface area (Å²) in [6, 6.07) is 1.17. The Labute approximate surface area is 195 Å². The Bertz CT molecular complexity index is 1370. The zero-order valence-corrected chi connectivity index (χ0v) is 18.5. The molecular formula is C23H18F5N5O2. The lowest BCUT2D eigenvalue weighted by Gasteiger charge is -2.53. The van der Waals surface area contributed by atoms with E-state index in [1.165, 1.54) is 4.90 Å². The number of carbonyl (C=O) groups excluding carboxylic acids is 1. The molecule has 7 nitrogen and oxygen atoms in total. The van der Waals surface area contributed by atoms with Gasteiger partial charge in [0.05, 0.1) is 17.4 Å². The Kier molecular flexibility index (Phi) is 5.15. The Hall–Kier alpha value is -3.83. The van der Waals surface area contributed by atoms with Crippen molar-refractivity contribution in [1.82, 2.24) is 20.1 Å². The van der Waals surface area contributed by atoms with Crippen molar-refractivity contribution in [2.24, 2.45) is 5.92 Å². The molecule has 182 valence electrons. The summed E-state index contributed by atoms with van der Waals surface area (Å²) in [5.74, 6) is -1.47. The Balaban J connectivity index is 1.52. The number of likely N-dealkylation sites (tertiary alicyclic amines) is 1. The fraction of sp³-hybridized carbons (Fsp3) is 0.304. The normalized spacial score (nSPS) is 21.4. The number of alkyl halides is 3. The second-order valence-electron chi connectivity index (χ2n) is 8.73. The lowest BCUT2D eigenvalue weighted by Crippen LogP contribution is -2.60. The Morgan fingerprint density at radius 3 is 2.63 bits per heavy atom. The predicted molar refractivity (Wildman–Crippen MR) is 113 cm³/mol. The lowest BCUT2D eigenvalue weighted by atomic mass is 9.71. The number of benzene rings is 1. The second kappa shape index (κ2) is 7.85. The van der Waals surface area contributed by atoms with Crippen LogP contribution in [0.4, 0.5) is 32.4 Å². The molecule has 35 heavy (non-hydrogen) atoms. The maximum Gasteiger partial charge on any atom is 0.417 e. The van der Waals surface area contributed by atoms with Gasteiger partial charge in [-0.25, -0.2) is 13.6 Å². The van der Waals surface area contributed by atoms with Crippen molar-refractivity contribution in [2.75, 3.05) is 5.32 Å².